The molecule has 0 aromatic carbocycles. The van der Waals surface area contributed by atoms with E-state index < -0.39 is 0 Å². The topological polar surface area (TPSA) is 62.5 Å². The molecule has 2 aliphatic rings. The van der Waals surface area contributed by atoms with Crippen molar-refractivity contribution < 1.29 is 9.21 Å². The monoisotopic (exact) mass is 326 g/mol. The predicted octanol–water partition coefficient (Wildman–Crippen LogP) is 2.30. The van der Waals surface area contributed by atoms with Crippen molar-refractivity contribution in [3.05, 3.63) is 47.9 Å². The van der Waals surface area contributed by atoms with Crippen LogP contribution in [0.2, 0.25) is 0 Å². The van der Waals surface area contributed by atoms with E-state index in [0.717, 1.165) is 57.7 Å². The zero-order valence-electron chi connectivity index (χ0n) is 13.7. The third-order valence-corrected chi connectivity index (χ3v) is 4.78. The second-order valence-corrected chi connectivity index (χ2v) is 6.62. The van der Waals surface area contributed by atoms with Gasteiger partial charge in [0.1, 0.15) is 5.76 Å². The van der Waals surface area contributed by atoms with Crippen LogP contribution < -0.4 is 0 Å². The van der Waals surface area contributed by atoms with Crippen LogP contribution >= 0.6 is 0 Å². The van der Waals surface area contributed by atoms with Crippen molar-refractivity contribution in [2.24, 2.45) is 0 Å². The summed E-state index contributed by atoms with van der Waals surface area (Å²) in [5, 5.41) is 0. The van der Waals surface area contributed by atoms with E-state index >= 15 is 0 Å². The van der Waals surface area contributed by atoms with Gasteiger partial charge in [-0.15, -0.1) is 0 Å². The van der Waals surface area contributed by atoms with Crippen molar-refractivity contribution in [1.29, 1.82) is 0 Å². The Morgan fingerprint density at radius 1 is 1.17 bits per heavy atom. The molecule has 1 saturated heterocycles. The maximum atomic E-state index is 12.8. The fourth-order valence-electron chi connectivity index (χ4n) is 3.28. The third-order valence-electron chi connectivity index (χ3n) is 4.78. The highest BCUT2D eigenvalue weighted by atomic mass is 16.3. The van der Waals surface area contributed by atoms with E-state index in [1.54, 1.807) is 0 Å². The Morgan fingerprint density at radius 2 is 2.00 bits per heavy atom. The Kier molecular flexibility index (Phi) is 4.30. The van der Waals surface area contributed by atoms with E-state index in [9.17, 15) is 4.79 Å². The van der Waals surface area contributed by atoms with Crippen LogP contribution in [0.1, 0.15) is 47.0 Å². The van der Waals surface area contributed by atoms with Crippen molar-refractivity contribution in [3.63, 3.8) is 0 Å². The van der Waals surface area contributed by atoms with E-state index in [2.05, 4.69) is 14.9 Å². The minimum absolute atomic E-state index is 0.0245. The zero-order chi connectivity index (χ0) is 16.4. The Bertz CT molecular complexity index is 696. The van der Waals surface area contributed by atoms with Gasteiger partial charge in [0.05, 0.1) is 0 Å². The van der Waals surface area contributed by atoms with Gasteiger partial charge in [-0.1, -0.05) is 0 Å². The SMILES string of the molecule is O=C(c1ncoc1C1CC1)N1CCCN(Cc2ccncc2)CC1. The maximum absolute atomic E-state index is 12.8. The fraction of sp³-hybridized carbons (Fsp3) is 0.500. The van der Waals surface area contributed by atoms with Crippen molar-refractivity contribution >= 4 is 5.91 Å². The van der Waals surface area contributed by atoms with E-state index in [1.807, 2.05) is 29.4 Å². The van der Waals surface area contributed by atoms with Gasteiger partial charge in [-0.3, -0.25) is 14.7 Å². The highest BCUT2D eigenvalue weighted by molar-refractivity contribution is 5.93. The first-order chi connectivity index (χ1) is 11.8. The Morgan fingerprint density at radius 3 is 2.79 bits per heavy atom. The molecule has 6 nitrogen and oxygen atoms in total. The van der Waals surface area contributed by atoms with Crippen LogP contribution in [-0.2, 0) is 6.54 Å². The standard InChI is InChI=1S/C18H22N4O2/c23-18(16-17(15-2-3-15)24-13-20-16)22-9-1-8-21(10-11-22)12-14-4-6-19-7-5-14/h4-7,13,15H,1-3,8-12H2. The molecule has 3 heterocycles. The van der Waals surface area contributed by atoms with Crippen LogP contribution in [-0.4, -0.2) is 51.9 Å². The molecule has 1 aliphatic heterocycles. The number of carbonyl (C=O) groups excluding carboxylic acids is 1. The third kappa shape index (κ3) is 3.33. The minimum atomic E-state index is 0.0245. The van der Waals surface area contributed by atoms with Gasteiger partial charge in [-0.25, -0.2) is 4.98 Å². The van der Waals surface area contributed by atoms with Gasteiger partial charge in [0.15, 0.2) is 12.1 Å². The Balaban J connectivity index is 1.39. The van der Waals surface area contributed by atoms with Crippen molar-refractivity contribution in [3.8, 4) is 0 Å². The molecule has 6 heteroatoms. The van der Waals surface area contributed by atoms with Crippen molar-refractivity contribution in [1.82, 2.24) is 19.8 Å². The molecule has 0 unspecified atom stereocenters. The lowest BCUT2D eigenvalue weighted by Crippen LogP contribution is -2.35. The molecular weight excluding hydrogens is 304 g/mol. The summed E-state index contributed by atoms with van der Waals surface area (Å²) in [5.41, 5.74) is 1.79. The number of nitrogens with zero attached hydrogens (tertiary/aromatic N) is 4. The fourth-order valence-corrected chi connectivity index (χ4v) is 3.28. The van der Waals surface area contributed by atoms with E-state index in [-0.39, 0.29) is 5.91 Å². The average Bonchev–Trinajstić information content (AvgIpc) is 3.38. The number of amides is 1. The molecule has 0 atom stereocenters. The molecular formula is C18H22N4O2. The summed E-state index contributed by atoms with van der Waals surface area (Å²) in [4.78, 5) is 25.4. The molecule has 2 aromatic heterocycles. The minimum Gasteiger partial charge on any atom is -0.447 e. The molecule has 1 amide bonds. The van der Waals surface area contributed by atoms with E-state index in [4.69, 9.17) is 4.42 Å². The van der Waals surface area contributed by atoms with Crippen LogP contribution in [0.25, 0.3) is 0 Å². The summed E-state index contributed by atoms with van der Waals surface area (Å²) >= 11 is 0. The van der Waals surface area contributed by atoms with Gasteiger partial charge in [-0.2, -0.15) is 0 Å². The Labute approximate surface area is 141 Å². The number of oxazole rings is 1. The molecule has 1 aliphatic carbocycles. The van der Waals surface area contributed by atoms with Crippen LogP contribution in [0.15, 0.2) is 35.3 Å². The van der Waals surface area contributed by atoms with Gasteiger partial charge < -0.3 is 9.32 Å². The molecule has 0 bridgehead atoms. The van der Waals surface area contributed by atoms with Crippen LogP contribution in [0.3, 0.4) is 0 Å². The van der Waals surface area contributed by atoms with Gasteiger partial charge in [-0.05, 0) is 37.0 Å². The normalized spacial score (nSPS) is 19.2. The van der Waals surface area contributed by atoms with E-state index in [1.165, 1.54) is 12.0 Å². The first kappa shape index (κ1) is 15.3. The number of carbonyl (C=O) groups is 1. The molecule has 2 aromatic rings. The van der Waals surface area contributed by atoms with Crippen LogP contribution in [0.5, 0.6) is 0 Å². The summed E-state index contributed by atoms with van der Waals surface area (Å²) in [7, 11) is 0. The quantitative estimate of drug-likeness (QED) is 0.863. The summed E-state index contributed by atoms with van der Waals surface area (Å²) in [6.45, 7) is 4.30. The highest BCUT2D eigenvalue weighted by Crippen LogP contribution is 2.41. The summed E-state index contributed by atoms with van der Waals surface area (Å²) in [6, 6.07) is 4.09. The zero-order valence-corrected chi connectivity index (χ0v) is 13.7. The number of hydrogen-bond acceptors (Lipinski definition) is 5. The molecule has 126 valence electrons. The summed E-state index contributed by atoms with van der Waals surface area (Å²) < 4.78 is 5.46. The summed E-state index contributed by atoms with van der Waals surface area (Å²) in [6.07, 6.45) is 8.26. The largest absolute Gasteiger partial charge is 0.447 e. The average molecular weight is 326 g/mol. The van der Waals surface area contributed by atoms with Gasteiger partial charge in [0.2, 0.25) is 0 Å². The van der Waals surface area contributed by atoms with Crippen molar-refractivity contribution in [2.45, 2.75) is 31.7 Å². The van der Waals surface area contributed by atoms with Gasteiger partial charge >= 0.3 is 0 Å². The molecule has 24 heavy (non-hydrogen) atoms. The van der Waals surface area contributed by atoms with Gasteiger partial charge in [0.25, 0.3) is 5.91 Å². The number of pyridine rings is 1. The van der Waals surface area contributed by atoms with Crippen molar-refractivity contribution in [2.75, 3.05) is 26.2 Å². The lowest BCUT2D eigenvalue weighted by molar-refractivity contribution is 0.0753. The first-order valence-corrected chi connectivity index (χ1v) is 8.65. The number of rotatable bonds is 4. The first-order valence-electron chi connectivity index (χ1n) is 8.65. The van der Waals surface area contributed by atoms with Crippen LogP contribution in [0, 0.1) is 0 Å². The second-order valence-electron chi connectivity index (χ2n) is 6.62. The Hall–Kier alpha value is -2.21. The second kappa shape index (κ2) is 6.73. The molecule has 0 spiro atoms. The molecule has 1 saturated carbocycles. The predicted molar refractivity (Wildman–Crippen MR) is 88.5 cm³/mol. The number of hydrogen-bond donors (Lipinski definition) is 0. The van der Waals surface area contributed by atoms with E-state index in [0.29, 0.717) is 11.6 Å². The molecule has 0 radical (unpaired) electrons. The molecule has 4 rings (SSSR count). The smallest absolute Gasteiger partial charge is 0.276 e. The number of aromatic nitrogens is 2. The maximum Gasteiger partial charge on any atom is 0.276 e. The highest BCUT2D eigenvalue weighted by Gasteiger charge is 2.34. The molecule has 0 N–H and O–H groups in total. The summed E-state index contributed by atoms with van der Waals surface area (Å²) in [5.74, 6) is 1.22. The van der Waals surface area contributed by atoms with Gasteiger partial charge in [0, 0.05) is 51.0 Å². The lowest BCUT2D eigenvalue weighted by atomic mass is 10.2. The molecule has 2 fully saturated rings. The van der Waals surface area contributed by atoms with Crippen LogP contribution in [0.4, 0.5) is 0 Å². The lowest BCUT2D eigenvalue weighted by Gasteiger charge is -2.21.